The van der Waals surface area contributed by atoms with Crippen LogP contribution in [0.15, 0.2) is 70.9 Å². The van der Waals surface area contributed by atoms with E-state index in [1.54, 1.807) is 49.4 Å². The van der Waals surface area contributed by atoms with Gasteiger partial charge in [-0.15, -0.1) is 0 Å². The fourth-order valence-corrected chi connectivity index (χ4v) is 2.50. The van der Waals surface area contributed by atoms with Gasteiger partial charge in [-0.1, -0.05) is 37.3 Å². The predicted octanol–water partition coefficient (Wildman–Crippen LogP) is 4.92. The predicted molar refractivity (Wildman–Crippen MR) is 111 cm³/mol. The summed E-state index contributed by atoms with van der Waals surface area (Å²) in [5.41, 5.74) is 1.83. The zero-order chi connectivity index (χ0) is 21.1. The molecule has 0 unspecified atom stereocenters. The van der Waals surface area contributed by atoms with Crippen molar-refractivity contribution < 1.29 is 24.2 Å². The zero-order valence-electron chi connectivity index (χ0n) is 16.6. The van der Waals surface area contributed by atoms with Crippen molar-refractivity contribution in [2.45, 2.75) is 33.3 Å². The number of esters is 2. The molecule has 0 aromatic heterocycles. The van der Waals surface area contributed by atoms with E-state index in [-0.39, 0.29) is 24.5 Å². The van der Waals surface area contributed by atoms with Crippen LogP contribution in [0.5, 0.6) is 0 Å². The summed E-state index contributed by atoms with van der Waals surface area (Å²) in [6, 6.07) is 15.8. The Morgan fingerprint density at radius 3 is 2.48 bits per heavy atom. The van der Waals surface area contributed by atoms with Gasteiger partial charge in [0.05, 0.1) is 17.9 Å². The molecule has 0 saturated heterocycles. The van der Waals surface area contributed by atoms with Gasteiger partial charge >= 0.3 is 11.9 Å². The molecular formula is C23H25NO5. The number of rotatable bonds is 9. The third-order valence-corrected chi connectivity index (χ3v) is 3.93. The van der Waals surface area contributed by atoms with E-state index in [0.29, 0.717) is 24.1 Å². The van der Waals surface area contributed by atoms with Gasteiger partial charge in [0.15, 0.2) is 0 Å². The molecule has 2 aromatic rings. The molecule has 6 heteroatoms. The molecule has 1 N–H and O–H groups in total. The van der Waals surface area contributed by atoms with E-state index in [1.165, 1.54) is 6.21 Å². The summed E-state index contributed by atoms with van der Waals surface area (Å²) in [5, 5.41) is 10.1. The first-order valence-corrected chi connectivity index (χ1v) is 9.49. The van der Waals surface area contributed by atoms with Crippen LogP contribution in [0.3, 0.4) is 0 Å². The SMILES string of the molecule is CCCC(O)=C(C=Nc1cccc(COC(=O)c2ccccc2)c1)C(=O)OCC. The highest BCUT2D eigenvalue weighted by molar-refractivity contribution is 6.10. The number of allylic oxidation sites excluding steroid dienone is 1. The van der Waals surface area contributed by atoms with Crippen LogP contribution in [-0.2, 0) is 20.9 Å². The molecular weight excluding hydrogens is 370 g/mol. The summed E-state index contributed by atoms with van der Waals surface area (Å²) in [6.45, 7) is 3.90. The molecule has 29 heavy (non-hydrogen) atoms. The summed E-state index contributed by atoms with van der Waals surface area (Å²) in [6.07, 6.45) is 2.35. The van der Waals surface area contributed by atoms with Gasteiger partial charge in [-0.05, 0) is 43.2 Å². The van der Waals surface area contributed by atoms with Crippen LogP contribution in [0.25, 0.3) is 0 Å². The van der Waals surface area contributed by atoms with E-state index >= 15 is 0 Å². The van der Waals surface area contributed by atoms with Gasteiger partial charge in [-0.25, -0.2) is 9.59 Å². The summed E-state index contributed by atoms with van der Waals surface area (Å²) in [5.74, 6) is -1.07. The van der Waals surface area contributed by atoms with Crippen LogP contribution in [0.2, 0.25) is 0 Å². The maximum atomic E-state index is 12.1. The molecule has 0 radical (unpaired) electrons. The zero-order valence-corrected chi connectivity index (χ0v) is 16.6. The molecule has 0 amide bonds. The van der Waals surface area contributed by atoms with E-state index in [4.69, 9.17) is 9.47 Å². The lowest BCUT2D eigenvalue weighted by Gasteiger charge is -2.07. The summed E-state index contributed by atoms with van der Waals surface area (Å²) in [4.78, 5) is 28.4. The number of aliphatic hydroxyl groups is 1. The van der Waals surface area contributed by atoms with Gasteiger partial charge in [0.25, 0.3) is 0 Å². The lowest BCUT2D eigenvalue weighted by atomic mass is 10.1. The Hall–Kier alpha value is -3.41. The van der Waals surface area contributed by atoms with Crippen molar-refractivity contribution in [1.29, 1.82) is 0 Å². The Morgan fingerprint density at radius 2 is 1.79 bits per heavy atom. The molecule has 0 bridgehead atoms. The molecule has 0 heterocycles. The Kier molecular flexibility index (Phi) is 8.63. The molecule has 6 nitrogen and oxygen atoms in total. The molecule has 0 fully saturated rings. The minimum atomic E-state index is -0.616. The maximum absolute atomic E-state index is 12.1. The molecule has 0 atom stereocenters. The van der Waals surface area contributed by atoms with Gasteiger partial charge < -0.3 is 14.6 Å². The minimum Gasteiger partial charge on any atom is -0.511 e. The van der Waals surface area contributed by atoms with E-state index in [0.717, 1.165) is 5.56 Å². The van der Waals surface area contributed by atoms with Gasteiger partial charge in [0.2, 0.25) is 0 Å². The maximum Gasteiger partial charge on any atom is 0.343 e. The summed E-state index contributed by atoms with van der Waals surface area (Å²) >= 11 is 0. The first-order valence-electron chi connectivity index (χ1n) is 9.49. The van der Waals surface area contributed by atoms with Crippen LogP contribution in [0.1, 0.15) is 42.6 Å². The largest absolute Gasteiger partial charge is 0.511 e. The Balaban J connectivity index is 2.10. The van der Waals surface area contributed by atoms with E-state index in [1.807, 2.05) is 19.1 Å². The molecule has 0 spiro atoms. The third kappa shape index (κ3) is 6.92. The molecule has 0 saturated carbocycles. The summed E-state index contributed by atoms with van der Waals surface area (Å²) < 4.78 is 10.3. The first kappa shape index (κ1) is 21.9. The Morgan fingerprint density at radius 1 is 1.03 bits per heavy atom. The van der Waals surface area contributed by atoms with Crippen LogP contribution in [-0.4, -0.2) is 29.9 Å². The average molecular weight is 395 g/mol. The van der Waals surface area contributed by atoms with Crippen molar-refractivity contribution in [2.24, 2.45) is 4.99 Å². The smallest absolute Gasteiger partial charge is 0.343 e. The number of hydrogen-bond donors (Lipinski definition) is 1. The lowest BCUT2D eigenvalue weighted by molar-refractivity contribution is -0.138. The number of benzene rings is 2. The second kappa shape index (κ2) is 11.4. The highest BCUT2D eigenvalue weighted by Crippen LogP contribution is 2.17. The van der Waals surface area contributed by atoms with Crippen molar-refractivity contribution >= 4 is 23.8 Å². The molecule has 0 aliphatic heterocycles. The van der Waals surface area contributed by atoms with Crippen LogP contribution in [0.4, 0.5) is 5.69 Å². The number of aliphatic imine (C=N–C) groups is 1. The third-order valence-electron chi connectivity index (χ3n) is 3.93. The number of carbonyl (C=O) groups is 2. The highest BCUT2D eigenvalue weighted by Gasteiger charge is 2.14. The van der Waals surface area contributed by atoms with E-state index in [9.17, 15) is 14.7 Å². The van der Waals surface area contributed by atoms with Crippen LogP contribution >= 0.6 is 0 Å². The highest BCUT2D eigenvalue weighted by atomic mass is 16.5. The number of hydrogen-bond acceptors (Lipinski definition) is 6. The van der Waals surface area contributed by atoms with Gasteiger partial charge in [0, 0.05) is 12.6 Å². The van der Waals surface area contributed by atoms with Crippen LogP contribution in [0, 0.1) is 0 Å². The topological polar surface area (TPSA) is 85.2 Å². The van der Waals surface area contributed by atoms with Crippen molar-refractivity contribution in [3.05, 3.63) is 77.1 Å². The summed E-state index contributed by atoms with van der Waals surface area (Å²) in [7, 11) is 0. The number of aliphatic hydroxyl groups excluding tert-OH is 1. The minimum absolute atomic E-state index is 0.0367. The van der Waals surface area contributed by atoms with E-state index < -0.39 is 11.9 Å². The fourth-order valence-electron chi connectivity index (χ4n) is 2.50. The van der Waals surface area contributed by atoms with E-state index in [2.05, 4.69) is 4.99 Å². The van der Waals surface area contributed by atoms with Crippen molar-refractivity contribution in [2.75, 3.05) is 6.61 Å². The number of nitrogens with zero attached hydrogens (tertiary/aromatic N) is 1. The number of ether oxygens (including phenoxy) is 2. The van der Waals surface area contributed by atoms with Gasteiger partial charge in [0.1, 0.15) is 17.9 Å². The molecule has 0 aliphatic rings. The second-order valence-electron chi connectivity index (χ2n) is 6.20. The average Bonchev–Trinajstić information content (AvgIpc) is 2.73. The molecule has 0 aliphatic carbocycles. The van der Waals surface area contributed by atoms with Gasteiger partial charge in [-0.2, -0.15) is 0 Å². The molecule has 152 valence electrons. The van der Waals surface area contributed by atoms with Crippen molar-refractivity contribution in [1.82, 2.24) is 0 Å². The van der Waals surface area contributed by atoms with Gasteiger partial charge in [-0.3, -0.25) is 4.99 Å². The van der Waals surface area contributed by atoms with Crippen molar-refractivity contribution in [3.8, 4) is 0 Å². The fraction of sp³-hybridized carbons (Fsp3) is 0.261. The monoisotopic (exact) mass is 395 g/mol. The molecule has 2 rings (SSSR count). The number of carbonyl (C=O) groups excluding carboxylic acids is 2. The normalized spacial score (nSPS) is 11.8. The standard InChI is InChI=1S/C23H25NO5/c1-3-9-21(25)20(23(27)28-4-2)15-24-19-13-8-10-17(14-19)16-29-22(26)18-11-6-5-7-12-18/h5-8,10-15,25H,3-4,9,16H2,1-2H3. The lowest BCUT2D eigenvalue weighted by Crippen LogP contribution is -2.11. The quantitative estimate of drug-likeness (QED) is 0.282. The Bertz CT molecular complexity index is 887. The second-order valence-corrected chi connectivity index (χ2v) is 6.20. The first-order chi connectivity index (χ1) is 14.0. The molecule has 2 aromatic carbocycles. The van der Waals surface area contributed by atoms with Crippen molar-refractivity contribution in [3.63, 3.8) is 0 Å². The van der Waals surface area contributed by atoms with Crippen LogP contribution < -0.4 is 0 Å². The Labute approximate surface area is 170 Å².